The molecule has 0 spiro atoms. The molecule has 2 rings (SSSR count). The highest BCUT2D eigenvalue weighted by Gasteiger charge is 2.25. The SMILES string of the molecule is O=C(O)C[C@H]1Nc2cc(C(=O)O)ccc2CNC1=O. The molecule has 4 N–H and O–H groups in total. The average Bonchev–Trinajstić information content (AvgIpc) is 2.48. The number of carbonyl (C=O) groups excluding carboxylic acids is 1. The second kappa shape index (κ2) is 4.97. The first-order chi connectivity index (χ1) is 8.97. The summed E-state index contributed by atoms with van der Waals surface area (Å²) in [4.78, 5) is 33.3. The largest absolute Gasteiger partial charge is 0.481 e. The van der Waals surface area contributed by atoms with E-state index >= 15 is 0 Å². The molecule has 1 aliphatic heterocycles. The number of carboxylic acid groups (broad SMARTS) is 2. The minimum Gasteiger partial charge on any atom is -0.481 e. The van der Waals surface area contributed by atoms with Gasteiger partial charge in [0.15, 0.2) is 0 Å². The van der Waals surface area contributed by atoms with Crippen LogP contribution < -0.4 is 10.6 Å². The quantitative estimate of drug-likeness (QED) is 0.622. The van der Waals surface area contributed by atoms with E-state index < -0.39 is 23.9 Å². The molecule has 7 nitrogen and oxygen atoms in total. The summed E-state index contributed by atoms with van der Waals surface area (Å²) in [6.45, 7) is 0.233. The van der Waals surface area contributed by atoms with E-state index in [0.717, 1.165) is 0 Å². The Morgan fingerprint density at radius 3 is 2.68 bits per heavy atom. The van der Waals surface area contributed by atoms with Crippen LogP contribution in [0.3, 0.4) is 0 Å². The number of anilines is 1. The normalized spacial score (nSPS) is 17.7. The molecule has 0 bridgehead atoms. The third kappa shape index (κ3) is 2.82. The third-order valence-electron chi connectivity index (χ3n) is 2.83. The van der Waals surface area contributed by atoms with Crippen LogP contribution in [0, 0.1) is 0 Å². The van der Waals surface area contributed by atoms with Gasteiger partial charge in [-0.05, 0) is 17.7 Å². The molecule has 1 aliphatic rings. The summed E-state index contributed by atoms with van der Waals surface area (Å²) in [6.07, 6.45) is -0.372. The minimum absolute atomic E-state index is 0.0784. The Labute approximate surface area is 108 Å². The summed E-state index contributed by atoms with van der Waals surface area (Å²) in [6, 6.07) is 3.51. The Morgan fingerprint density at radius 2 is 2.05 bits per heavy atom. The van der Waals surface area contributed by atoms with Crippen LogP contribution in [0.15, 0.2) is 18.2 Å². The van der Waals surface area contributed by atoms with Gasteiger partial charge in [-0.15, -0.1) is 0 Å². The molecule has 0 aliphatic carbocycles. The van der Waals surface area contributed by atoms with Crippen LogP contribution in [0.2, 0.25) is 0 Å². The number of nitrogens with one attached hydrogen (secondary N) is 2. The molecule has 1 aromatic carbocycles. The maximum absolute atomic E-state index is 11.7. The van der Waals surface area contributed by atoms with E-state index in [1.165, 1.54) is 12.1 Å². The van der Waals surface area contributed by atoms with Crippen molar-refractivity contribution in [1.29, 1.82) is 0 Å². The van der Waals surface area contributed by atoms with Crippen LogP contribution in [0.25, 0.3) is 0 Å². The number of hydrogen-bond donors (Lipinski definition) is 4. The third-order valence-corrected chi connectivity index (χ3v) is 2.83. The zero-order valence-electron chi connectivity index (χ0n) is 9.84. The van der Waals surface area contributed by atoms with Gasteiger partial charge in [0.25, 0.3) is 0 Å². The lowest BCUT2D eigenvalue weighted by atomic mass is 10.1. The summed E-state index contributed by atoms with van der Waals surface area (Å²) in [5.41, 5.74) is 1.26. The topological polar surface area (TPSA) is 116 Å². The highest BCUT2D eigenvalue weighted by atomic mass is 16.4. The fourth-order valence-electron chi connectivity index (χ4n) is 1.88. The predicted molar refractivity (Wildman–Crippen MR) is 64.9 cm³/mol. The molecule has 100 valence electrons. The van der Waals surface area contributed by atoms with Gasteiger partial charge in [-0.25, -0.2) is 4.79 Å². The molecule has 0 radical (unpaired) electrons. The van der Waals surface area contributed by atoms with Gasteiger partial charge in [0.2, 0.25) is 5.91 Å². The summed E-state index contributed by atoms with van der Waals surface area (Å²) in [5.74, 6) is -2.61. The van der Waals surface area contributed by atoms with Gasteiger partial charge in [0.05, 0.1) is 12.0 Å². The van der Waals surface area contributed by atoms with Crippen molar-refractivity contribution in [3.8, 4) is 0 Å². The summed E-state index contributed by atoms with van der Waals surface area (Å²) < 4.78 is 0. The van der Waals surface area contributed by atoms with E-state index in [1.807, 2.05) is 0 Å². The zero-order valence-corrected chi connectivity index (χ0v) is 9.84. The highest BCUT2D eigenvalue weighted by Crippen LogP contribution is 2.22. The first-order valence-electron chi connectivity index (χ1n) is 5.59. The molecule has 0 saturated carbocycles. The number of hydrogen-bond acceptors (Lipinski definition) is 4. The number of aliphatic carboxylic acids is 1. The van der Waals surface area contributed by atoms with Crippen molar-refractivity contribution in [3.05, 3.63) is 29.3 Å². The van der Waals surface area contributed by atoms with Crippen molar-refractivity contribution >= 4 is 23.5 Å². The number of carboxylic acids is 2. The lowest BCUT2D eigenvalue weighted by molar-refractivity contribution is -0.139. The highest BCUT2D eigenvalue weighted by molar-refractivity contribution is 5.92. The smallest absolute Gasteiger partial charge is 0.335 e. The van der Waals surface area contributed by atoms with E-state index in [1.54, 1.807) is 6.07 Å². The summed E-state index contributed by atoms with van der Waals surface area (Å²) >= 11 is 0. The molecule has 7 heteroatoms. The summed E-state index contributed by atoms with van der Waals surface area (Å²) in [7, 11) is 0. The Bertz CT molecular complexity index is 555. The van der Waals surface area contributed by atoms with Crippen molar-refractivity contribution in [2.24, 2.45) is 0 Å². The van der Waals surface area contributed by atoms with Crippen molar-refractivity contribution in [2.45, 2.75) is 19.0 Å². The van der Waals surface area contributed by atoms with Gasteiger partial charge >= 0.3 is 11.9 Å². The van der Waals surface area contributed by atoms with E-state index in [4.69, 9.17) is 10.2 Å². The molecule has 0 unspecified atom stereocenters. The van der Waals surface area contributed by atoms with Crippen LogP contribution in [-0.4, -0.2) is 34.1 Å². The van der Waals surface area contributed by atoms with Gasteiger partial charge in [0.1, 0.15) is 6.04 Å². The standard InChI is InChI=1S/C12H12N2O5/c15-10(16)4-9-11(17)13-5-7-2-1-6(12(18)19)3-8(7)14-9/h1-3,9,14H,4-5H2,(H,13,17)(H,15,16)(H,18,19)/t9-/m1/s1. The second-order valence-corrected chi connectivity index (χ2v) is 4.19. The average molecular weight is 264 g/mol. The molecule has 1 heterocycles. The van der Waals surface area contributed by atoms with Gasteiger partial charge in [-0.2, -0.15) is 0 Å². The van der Waals surface area contributed by atoms with E-state index in [2.05, 4.69) is 10.6 Å². The maximum atomic E-state index is 11.7. The fourth-order valence-corrected chi connectivity index (χ4v) is 1.88. The number of aromatic carboxylic acids is 1. The maximum Gasteiger partial charge on any atom is 0.335 e. The van der Waals surface area contributed by atoms with E-state index in [-0.39, 0.29) is 18.5 Å². The van der Waals surface area contributed by atoms with Crippen molar-refractivity contribution < 1.29 is 24.6 Å². The fraction of sp³-hybridized carbons (Fsp3) is 0.250. The van der Waals surface area contributed by atoms with Crippen LogP contribution in [0.1, 0.15) is 22.3 Å². The Balaban J connectivity index is 2.32. The Kier molecular flexibility index (Phi) is 3.37. The van der Waals surface area contributed by atoms with Crippen molar-refractivity contribution in [1.82, 2.24) is 5.32 Å². The first kappa shape index (κ1) is 12.9. The molecule has 0 saturated heterocycles. The van der Waals surface area contributed by atoms with Crippen molar-refractivity contribution in [2.75, 3.05) is 5.32 Å². The zero-order chi connectivity index (χ0) is 14.0. The lowest BCUT2D eigenvalue weighted by Crippen LogP contribution is -2.38. The Hall–Kier alpha value is -2.57. The molecule has 0 aromatic heterocycles. The van der Waals surface area contributed by atoms with Crippen LogP contribution in [0.5, 0.6) is 0 Å². The predicted octanol–water partition coefficient (Wildman–Crippen LogP) is 0.270. The second-order valence-electron chi connectivity index (χ2n) is 4.19. The van der Waals surface area contributed by atoms with Gasteiger partial charge in [-0.3, -0.25) is 9.59 Å². The lowest BCUT2D eigenvalue weighted by Gasteiger charge is -2.14. The number of fused-ring (bicyclic) bond motifs is 1. The summed E-state index contributed by atoms with van der Waals surface area (Å²) in [5, 5.41) is 23.0. The number of amides is 1. The molecule has 1 atom stereocenters. The molecule has 1 aromatic rings. The Morgan fingerprint density at radius 1 is 1.32 bits per heavy atom. The van der Waals surface area contributed by atoms with Crippen molar-refractivity contribution in [3.63, 3.8) is 0 Å². The van der Waals surface area contributed by atoms with Gasteiger partial charge in [0, 0.05) is 12.2 Å². The molecular weight excluding hydrogens is 252 g/mol. The van der Waals surface area contributed by atoms with Gasteiger partial charge < -0.3 is 20.8 Å². The van der Waals surface area contributed by atoms with E-state index in [0.29, 0.717) is 11.3 Å². The van der Waals surface area contributed by atoms with Crippen LogP contribution in [-0.2, 0) is 16.1 Å². The number of rotatable bonds is 3. The monoisotopic (exact) mass is 264 g/mol. The molecule has 0 fully saturated rings. The molecule has 1 amide bonds. The molecule has 19 heavy (non-hydrogen) atoms. The van der Waals surface area contributed by atoms with E-state index in [9.17, 15) is 14.4 Å². The molecular formula is C12H12N2O5. The minimum atomic E-state index is -1.11. The first-order valence-corrected chi connectivity index (χ1v) is 5.59. The van der Waals surface area contributed by atoms with Crippen LogP contribution >= 0.6 is 0 Å². The van der Waals surface area contributed by atoms with Crippen LogP contribution in [0.4, 0.5) is 5.69 Å². The number of benzene rings is 1. The van der Waals surface area contributed by atoms with Gasteiger partial charge in [-0.1, -0.05) is 6.07 Å². The number of carbonyl (C=O) groups is 3.